The van der Waals surface area contributed by atoms with Gasteiger partial charge in [0.05, 0.1) is 11.9 Å². The average molecular weight is 302 g/mol. The Morgan fingerprint density at radius 1 is 1.81 bits per heavy atom. The highest BCUT2D eigenvalue weighted by molar-refractivity contribution is 9.11. The molecule has 1 atom stereocenters. The molecule has 1 saturated heterocycles. The molecule has 0 aliphatic carbocycles. The number of carbonyl (C=O) groups excluding carboxylic acids is 1. The lowest BCUT2D eigenvalue weighted by Crippen LogP contribution is -2.13. The van der Waals surface area contributed by atoms with Crippen LogP contribution in [0.1, 0.15) is 19.8 Å². The molecule has 2 aliphatic rings. The van der Waals surface area contributed by atoms with E-state index in [-0.39, 0.29) is 5.97 Å². The molecule has 3 nitrogen and oxygen atoms in total. The van der Waals surface area contributed by atoms with Crippen molar-refractivity contribution in [1.29, 1.82) is 0 Å². The van der Waals surface area contributed by atoms with Gasteiger partial charge in [-0.1, -0.05) is 15.9 Å². The Morgan fingerprint density at radius 2 is 2.62 bits per heavy atom. The first-order valence-corrected chi connectivity index (χ1v) is 6.81. The van der Waals surface area contributed by atoms with E-state index >= 15 is 0 Å². The number of halogens is 1. The van der Waals surface area contributed by atoms with Crippen LogP contribution < -0.4 is 0 Å². The van der Waals surface area contributed by atoms with Crippen LogP contribution in [0.3, 0.4) is 0 Å². The maximum Gasteiger partial charge on any atom is 0.331 e. The highest BCUT2D eigenvalue weighted by atomic mass is 79.9. The maximum absolute atomic E-state index is 11.3. The van der Waals surface area contributed by atoms with Crippen LogP contribution in [0.2, 0.25) is 0 Å². The first kappa shape index (κ1) is 11.9. The van der Waals surface area contributed by atoms with Gasteiger partial charge in [-0.2, -0.15) is 0 Å². The lowest BCUT2D eigenvalue weighted by molar-refractivity contribution is -0.137. The summed E-state index contributed by atoms with van der Waals surface area (Å²) in [5, 5.41) is 0.389. The molecule has 2 aliphatic heterocycles. The van der Waals surface area contributed by atoms with Crippen molar-refractivity contribution in [1.82, 2.24) is 0 Å². The molecule has 0 aromatic heterocycles. The molecule has 0 N–H and O–H groups in total. The predicted octanol–water partition coefficient (Wildman–Crippen LogP) is 3.02. The van der Waals surface area contributed by atoms with E-state index in [1.807, 2.05) is 13.1 Å². The number of ether oxygens (including phenoxy) is 1. The van der Waals surface area contributed by atoms with Gasteiger partial charge in [0.1, 0.15) is 0 Å². The topological polar surface area (TPSA) is 38.7 Å². The van der Waals surface area contributed by atoms with Crippen LogP contribution in [0.15, 0.2) is 26.7 Å². The summed E-state index contributed by atoms with van der Waals surface area (Å²) in [6.45, 7) is 2.23. The molecule has 0 saturated carbocycles. The van der Waals surface area contributed by atoms with Crippen molar-refractivity contribution in [3.05, 3.63) is 21.7 Å². The Bertz CT molecular complexity index is 401. The zero-order chi connectivity index (χ0) is 11.5. The number of hydrogen-bond acceptors (Lipinski definition) is 4. The smallest absolute Gasteiger partial charge is 0.331 e. The molecule has 5 heteroatoms. The zero-order valence-electron chi connectivity index (χ0n) is 8.90. The SMILES string of the molecule is CCOC(=O)/C=C1\CC2=NC=C(Br)CC2S1. The van der Waals surface area contributed by atoms with Crippen molar-refractivity contribution >= 4 is 39.4 Å². The number of nitrogens with zero attached hydrogens (tertiary/aromatic N) is 1. The van der Waals surface area contributed by atoms with Gasteiger partial charge in [-0.3, -0.25) is 4.99 Å². The molecule has 0 radical (unpaired) electrons. The van der Waals surface area contributed by atoms with Crippen LogP contribution in [0.5, 0.6) is 0 Å². The molecule has 0 amide bonds. The van der Waals surface area contributed by atoms with Crippen molar-refractivity contribution in [3.8, 4) is 0 Å². The summed E-state index contributed by atoms with van der Waals surface area (Å²) in [6, 6.07) is 0. The first-order valence-electron chi connectivity index (χ1n) is 5.14. The quantitative estimate of drug-likeness (QED) is 0.581. The van der Waals surface area contributed by atoms with Crippen LogP contribution in [0.4, 0.5) is 0 Å². The van der Waals surface area contributed by atoms with Gasteiger partial charge >= 0.3 is 5.97 Å². The highest BCUT2D eigenvalue weighted by Crippen LogP contribution is 2.41. The second kappa shape index (κ2) is 5.19. The lowest BCUT2D eigenvalue weighted by atomic mass is 10.1. The number of allylic oxidation sites excluding steroid dienone is 2. The van der Waals surface area contributed by atoms with Crippen LogP contribution >= 0.6 is 27.7 Å². The average Bonchev–Trinajstić information content (AvgIpc) is 2.59. The number of esters is 1. The molecule has 86 valence electrons. The maximum atomic E-state index is 11.3. The summed E-state index contributed by atoms with van der Waals surface area (Å²) in [7, 11) is 0. The van der Waals surface area contributed by atoms with E-state index in [1.54, 1.807) is 17.8 Å². The zero-order valence-corrected chi connectivity index (χ0v) is 11.3. The number of aliphatic imine (C=N–C) groups is 1. The summed E-state index contributed by atoms with van der Waals surface area (Å²) in [5.74, 6) is -0.253. The van der Waals surface area contributed by atoms with E-state index in [2.05, 4.69) is 20.9 Å². The van der Waals surface area contributed by atoms with Crippen LogP contribution in [-0.2, 0) is 9.53 Å². The Kier molecular flexibility index (Phi) is 3.86. The van der Waals surface area contributed by atoms with Crippen molar-refractivity contribution in [2.24, 2.45) is 4.99 Å². The summed E-state index contributed by atoms with van der Waals surface area (Å²) in [6.07, 6.45) is 5.18. The van der Waals surface area contributed by atoms with Crippen LogP contribution in [-0.4, -0.2) is 23.5 Å². The van der Waals surface area contributed by atoms with E-state index in [9.17, 15) is 4.79 Å². The predicted molar refractivity (Wildman–Crippen MR) is 69.8 cm³/mol. The monoisotopic (exact) mass is 301 g/mol. The van der Waals surface area contributed by atoms with Gasteiger partial charge in [-0.15, -0.1) is 11.8 Å². The molecule has 1 fully saturated rings. The van der Waals surface area contributed by atoms with Crippen LogP contribution in [0.25, 0.3) is 0 Å². The van der Waals surface area contributed by atoms with Crippen molar-refractivity contribution < 1.29 is 9.53 Å². The van der Waals surface area contributed by atoms with Crippen molar-refractivity contribution in [3.63, 3.8) is 0 Å². The fourth-order valence-electron chi connectivity index (χ4n) is 1.66. The highest BCUT2D eigenvalue weighted by Gasteiger charge is 2.29. The van der Waals surface area contributed by atoms with E-state index < -0.39 is 0 Å². The van der Waals surface area contributed by atoms with E-state index in [0.717, 1.165) is 27.9 Å². The van der Waals surface area contributed by atoms with E-state index in [1.165, 1.54) is 0 Å². The molecular weight excluding hydrogens is 290 g/mol. The molecule has 16 heavy (non-hydrogen) atoms. The standard InChI is InChI=1S/C11H12BrNO2S/c1-2-15-11(14)5-8-4-9-10(16-8)3-7(12)6-13-9/h5-6,10H,2-4H2,1H3/b8-5+. The Morgan fingerprint density at radius 3 is 3.38 bits per heavy atom. The molecule has 0 aromatic carbocycles. The van der Waals surface area contributed by atoms with Gasteiger partial charge in [0.2, 0.25) is 0 Å². The first-order chi connectivity index (χ1) is 7.69. The van der Waals surface area contributed by atoms with Gasteiger partial charge in [-0.25, -0.2) is 4.79 Å². The fraction of sp³-hybridized carbons (Fsp3) is 0.455. The van der Waals surface area contributed by atoms with Crippen molar-refractivity contribution in [2.45, 2.75) is 25.0 Å². The number of fused-ring (bicyclic) bond motifs is 1. The number of rotatable bonds is 2. The summed E-state index contributed by atoms with van der Waals surface area (Å²) < 4.78 is 6.00. The summed E-state index contributed by atoms with van der Waals surface area (Å²) in [5.41, 5.74) is 1.16. The Labute approximate surface area is 107 Å². The summed E-state index contributed by atoms with van der Waals surface area (Å²) in [4.78, 5) is 16.7. The van der Waals surface area contributed by atoms with Crippen molar-refractivity contribution in [2.75, 3.05) is 6.61 Å². The van der Waals surface area contributed by atoms with Gasteiger partial charge in [-0.05, 0) is 18.2 Å². The number of hydrogen-bond donors (Lipinski definition) is 0. The lowest BCUT2D eigenvalue weighted by Gasteiger charge is -2.12. The minimum atomic E-state index is -0.253. The minimum Gasteiger partial charge on any atom is -0.463 e. The molecule has 2 heterocycles. The molecule has 2 rings (SSSR count). The Hall–Kier alpha value is -0.550. The number of carbonyl (C=O) groups is 1. The second-order valence-electron chi connectivity index (χ2n) is 3.55. The third-order valence-electron chi connectivity index (χ3n) is 2.34. The fourth-order valence-corrected chi connectivity index (χ4v) is 3.60. The van der Waals surface area contributed by atoms with Crippen LogP contribution in [0, 0.1) is 0 Å². The summed E-state index contributed by atoms with van der Waals surface area (Å²) >= 11 is 5.16. The second-order valence-corrected chi connectivity index (χ2v) is 5.89. The van der Waals surface area contributed by atoms with E-state index in [0.29, 0.717) is 11.9 Å². The van der Waals surface area contributed by atoms with Gasteiger partial charge in [0.25, 0.3) is 0 Å². The molecule has 1 unspecified atom stereocenters. The Balaban J connectivity index is 2.02. The largest absolute Gasteiger partial charge is 0.463 e. The molecule has 0 aromatic rings. The minimum absolute atomic E-state index is 0.253. The van der Waals surface area contributed by atoms with Gasteiger partial charge in [0.15, 0.2) is 0 Å². The third kappa shape index (κ3) is 2.77. The van der Waals surface area contributed by atoms with E-state index in [4.69, 9.17) is 4.74 Å². The number of thioether (sulfide) groups is 1. The van der Waals surface area contributed by atoms with Gasteiger partial charge < -0.3 is 4.74 Å². The molecule has 0 bridgehead atoms. The van der Waals surface area contributed by atoms with Gasteiger partial charge in [0, 0.05) is 28.9 Å². The third-order valence-corrected chi connectivity index (χ3v) is 4.15. The molecular formula is C11H12BrNO2S. The molecule has 0 spiro atoms. The normalized spacial score (nSPS) is 26.1.